The lowest BCUT2D eigenvalue weighted by atomic mass is 9.83. The molecule has 17 heavy (non-hydrogen) atoms. The van der Waals surface area contributed by atoms with Gasteiger partial charge in [0.15, 0.2) is 0 Å². The van der Waals surface area contributed by atoms with Gasteiger partial charge in [0.1, 0.15) is 5.60 Å². The molecule has 0 heterocycles. The molecule has 0 aromatic carbocycles. The second kappa shape index (κ2) is 5.01. The number of esters is 1. The molecule has 0 bridgehead atoms. The van der Waals surface area contributed by atoms with E-state index in [0.717, 1.165) is 18.6 Å². The molecule has 1 fully saturated rings. The highest BCUT2D eigenvalue weighted by molar-refractivity contribution is 7.99. The molecule has 0 spiro atoms. The Morgan fingerprint density at radius 3 is 2.18 bits per heavy atom. The monoisotopic (exact) mass is 257 g/mol. The number of carbonyl (C=O) groups excluding carboxylic acids is 1. The molecular weight excluding hydrogens is 234 g/mol. The molecule has 1 saturated carbocycles. The Labute approximate surface area is 109 Å². The molecule has 4 heteroatoms. The van der Waals surface area contributed by atoms with Crippen LogP contribution in [0.15, 0.2) is 4.40 Å². The number of rotatable bonds is 2. The smallest absolute Gasteiger partial charge is 0.310 e. The zero-order chi connectivity index (χ0) is 13.3. The number of ether oxygens (including phenoxy) is 1. The van der Waals surface area contributed by atoms with Crippen LogP contribution in [0.5, 0.6) is 0 Å². The number of carbonyl (C=O) groups is 1. The average Bonchev–Trinajstić information content (AvgIpc) is 1.94. The Morgan fingerprint density at radius 2 is 1.76 bits per heavy atom. The second-order valence-electron chi connectivity index (χ2n) is 6.50. The molecule has 1 rings (SSSR count). The van der Waals surface area contributed by atoms with Gasteiger partial charge in [-0.15, -0.1) is 0 Å². The van der Waals surface area contributed by atoms with E-state index in [1.54, 1.807) is 11.9 Å². The molecule has 0 aromatic rings. The third-order valence-corrected chi connectivity index (χ3v) is 3.05. The fourth-order valence-electron chi connectivity index (χ4n) is 1.34. The molecule has 0 aromatic heterocycles. The summed E-state index contributed by atoms with van der Waals surface area (Å²) in [6.45, 7) is 12.1. The summed E-state index contributed by atoms with van der Waals surface area (Å²) >= 11 is 1.58. The largest absolute Gasteiger partial charge is 0.460 e. The summed E-state index contributed by atoms with van der Waals surface area (Å²) in [5.41, 5.74) is 0.741. The van der Waals surface area contributed by atoms with Gasteiger partial charge in [-0.1, -0.05) is 0 Å². The van der Waals surface area contributed by atoms with Gasteiger partial charge in [0.2, 0.25) is 0 Å². The van der Waals surface area contributed by atoms with Gasteiger partial charge in [-0.3, -0.25) is 4.79 Å². The Hall–Kier alpha value is -0.510. The van der Waals surface area contributed by atoms with Crippen molar-refractivity contribution in [1.29, 1.82) is 0 Å². The van der Waals surface area contributed by atoms with Gasteiger partial charge >= 0.3 is 5.97 Å². The van der Waals surface area contributed by atoms with Crippen LogP contribution in [0.2, 0.25) is 0 Å². The van der Waals surface area contributed by atoms with Crippen molar-refractivity contribution in [3.63, 3.8) is 0 Å². The Kier molecular flexibility index (Phi) is 4.28. The van der Waals surface area contributed by atoms with Crippen LogP contribution in [0.1, 0.15) is 54.4 Å². The summed E-state index contributed by atoms with van der Waals surface area (Å²) in [5, 5.41) is 0. The van der Waals surface area contributed by atoms with Gasteiger partial charge in [-0.25, -0.2) is 4.40 Å². The molecule has 0 unspecified atom stereocenters. The Bertz CT molecular complexity index is 315. The van der Waals surface area contributed by atoms with E-state index in [4.69, 9.17) is 4.74 Å². The summed E-state index contributed by atoms with van der Waals surface area (Å²) in [5.74, 6) is -0.0641. The average molecular weight is 257 g/mol. The van der Waals surface area contributed by atoms with Crippen molar-refractivity contribution in [2.75, 3.05) is 0 Å². The van der Waals surface area contributed by atoms with Crippen molar-refractivity contribution in [2.45, 2.75) is 64.7 Å². The molecule has 0 atom stereocenters. The zero-order valence-corrected chi connectivity index (χ0v) is 12.5. The predicted octanol–water partition coefficient (Wildman–Crippen LogP) is 3.63. The van der Waals surface area contributed by atoms with Crippen molar-refractivity contribution >= 4 is 23.6 Å². The standard InChI is InChI=1S/C13H23NO2S/c1-12(2,3)16-11(15)9-7-10(8-9)14-17-13(4,5)6/h9H,7-8H2,1-6H3. The lowest BCUT2D eigenvalue weighted by molar-refractivity contribution is -0.160. The number of nitrogens with zero attached hydrogens (tertiary/aromatic N) is 1. The normalized spacial score (nSPS) is 20.8. The van der Waals surface area contributed by atoms with Crippen LogP contribution in [0, 0.1) is 5.92 Å². The zero-order valence-electron chi connectivity index (χ0n) is 11.7. The molecule has 0 saturated heterocycles. The van der Waals surface area contributed by atoms with E-state index in [0.29, 0.717) is 0 Å². The molecule has 0 radical (unpaired) electrons. The molecule has 0 amide bonds. The Balaban J connectivity index is 2.34. The summed E-state index contributed by atoms with van der Waals surface area (Å²) in [6.07, 6.45) is 1.52. The van der Waals surface area contributed by atoms with E-state index < -0.39 is 0 Å². The first-order valence-electron chi connectivity index (χ1n) is 6.03. The number of hydrogen-bond acceptors (Lipinski definition) is 4. The minimum absolute atomic E-state index is 0.0218. The van der Waals surface area contributed by atoms with E-state index in [1.165, 1.54) is 0 Å². The van der Waals surface area contributed by atoms with E-state index in [-0.39, 0.29) is 22.2 Å². The fourth-order valence-corrected chi connectivity index (χ4v) is 1.89. The highest BCUT2D eigenvalue weighted by Crippen LogP contribution is 2.32. The van der Waals surface area contributed by atoms with Crippen LogP contribution in [-0.2, 0) is 9.53 Å². The minimum Gasteiger partial charge on any atom is -0.460 e. The van der Waals surface area contributed by atoms with Crippen LogP contribution in [0.4, 0.5) is 0 Å². The SMILES string of the molecule is CC(C)(C)OC(=O)C1CC(=NSC(C)(C)C)C1. The molecule has 1 aliphatic rings. The van der Waals surface area contributed by atoms with Crippen LogP contribution in [0.25, 0.3) is 0 Å². The van der Waals surface area contributed by atoms with Crippen molar-refractivity contribution in [1.82, 2.24) is 0 Å². The van der Waals surface area contributed by atoms with Crippen LogP contribution >= 0.6 is 11.9 Å². The van der Waals surface area contributed by atoms with Crippen molar-refractivity contribution in [3.05, 3.63) is 0 Å². The van der Waals surface area contributed by atoms with Crippen molar-refractivity contribution in [3.8, 4) is 0 Å². The van der Waals surface area contributed by atoms with Gasteiger partial charge in [0, 0.05) is 23.3 Å². The van der Waals surface area contributed by atoms with E-state index in [1.807, 2.05) is 20.8 Å². The van der Waals surface area contributed by atoms with E-state index in [9.17, 15) is 4.79 Å². The predicted molar refractivity (Wildman–Crippen MR) is 73.3 cm³/mol. The lowest BCUT2D eigenvalue weighted by Gasteiger charge is -2.30. The summed E-state index contributed by atoms with van der Waals surface area (Å²) in [4.78, 5) is 11.7. The maximum absolute atomic E-state index is 11.7. The first kappa shape index (κ1) is 14.6. The summed E-state index contributed by atoms with van der Waals surface area (Å²) < 4.78 is 9.93. The highest BCUT2D eigenvalue weighted by Gasteiger charge is 2.34. The molecule has 3 nitrogen and oxygen atoms in total. The van der Waals surface area contributed by atoms with Gasteiger partial charge in [-0.2, -0.15) is 0 Å². The Morgan fingerprint density at radius 1 is 1.24 bits per heavy atom. The van der Waals surface area contributed by atoms with Gasteiger partial charge in [-0.05, 0) is 53.5 Å². The van der Waals surface area contributed by atoms with Crippen LogP contribution in [-0.4, -0.2) is 22.0 Å². The number of hydrogen-bond donors (Lipinski definition) is 0. The molecule has 0 aliphatic heterocycles. The van der Waals surface area contributed by atoms with E-state index >= 15 is 0 Å². The molecular formula is C13H23NO2S. The molecule has 0 N–H and O–H groups in total. The maximum atomic E-state index is 11.7. The van der Waals surface area contributed by atoms with Gasteiger partial charge < -0.3 is 4.74 Å². The minimum atomic E-state index is -0.385. The van der Waals surface area contributed by atoms with Crippen LogP contribution < -0.4 is 0 Å². The second-order valence-corrected chi connectivity index (χ2v) is 8.09. The van der Waals surface area contributed by atoms with Crippen LogP contribution in [0.3, 0.4) is 0 Å². The quantitative estimate of drug-likeness (QED) is 0.560. The van der Waals surface area contributed by atoms with Crippen molar-refractivity contribution < 1.29 is 9.53 Å². The van der Waals surface area contributed by atoms with Gasteiger partial charge in [0.05, 0.1) is 5.92 Å². The summed E-state index contributed by atoms with van der Waals surface area (Å²) in [6, 6.07) is 0. The maximum Gasteiger partial charge on any atom is 0.310 e. The molecule has 1 aliphatic carbocycles. The fraction of sp³-hybridized carbons (Fsp3) is 0.846. The first-order chi connectivity index (χ1) is 7.57. The first-order valence-corrected chi connectivity index (χ1v) is 6.81. The van der Waals surface area contributed by atoms with Gasteiger partial charge in [0.25, 0.3) is 0 Å². The third-order valence-electron chi connectivity index (χ3n) is 2.15. The van der Waals surface area contributed by atoms with E-state index in [2.05, 4.69) is 25.2 Å². The highest BCUT2D eigenvalue weighted by atomic mass is 32.2. The molecule has 98 valence electrons. The van der Waals surface area contributed by atoms with Crippen molar-refractivity contribution in [2.24, 2.45) is 10.3 Å². The lowest BCUT2D eigenvalue weighted by Crippen LogP contribution is -2.36. The summed E-state index contributed by atoms with van der Waals surface area (Å²) in [7, 11) is 0. The third kappa shape index (κ3) is 5.57. The topological polar surface area (TPSA) is 38.7 Å².